The second-order valence-corrected chi connectivity index (χ2v) is 5.53. The summed E-state index contributed by atoms with van der Waals surface area (Å²) in [6, 6.07) is 4.27. The molecule has 104 valence electrons. The van der Waals surface area contributed by atoms with Gasteiger partial charge in [-0.2, -0.15) is 0 Å². The highest BCUT2D eigenvalue weighted by Gasteiger charge is 2.19. The van der Waals surface area contributed by atoms with Gasteiger partial charge in [-0.1, -0.05) is 0 Å². The largest absolute Gasteiger partial charge is 0.299 e. The van der Waals surface area contributed by atoms with E-state index in [4.69, 9.17) is 0 Å². The number of hydrogen-bond acceptors (Lipinski definition) is 4. The average Bonchev–Trinajstić information content (AvgIpc) is 2.51. The number of hydrogen-bond donors (Lipinski definition) is 0. The Hall–Kier alpha value is -1.81. The lowest BCUT2D eigenvalue weighted by Crippen LogP contribution is -2.33. The molecule has 3 heterocycles. The van der Waals surface area contributed by atoms with Gasteiger partial charge in [0.05, 0.1) is 0 Å². The first kappa shape index (κ1) is 13.2. The van der Waals surface area contributed by atoms with Crippen LogP contribution in [0.25, 0.3) is 0 Å². The lowest BCUT2D eigenvalue weighted by Gasteiger charge is -2.31. The van der Waals surface area contributed by atoms with Crippen molar-refractivity contribution in [2.24, 2.45) is 5.92 Å². The zero-order chi connectivity index (χ0) is 13.6. The summed E-state index contributed by atoms with van der Waals surface area (Å²) >= 11 is 0. The molecule has 0 aromatic carbocycles. The Labute approximate surface area is 119 Å². The molecule has 1 fully saturated rings. The normalized spacial score (nSPS) is 17.2. The van der Waals surface area contributed by atoms with Crippen LogP contribution in [0.15, 0.2) is 43.2 Å². The van der Waals surface area contributed by atoms with E-state index in [9.17, 15) is 0 Å². The maximum absolute atomic E-state index is 4.08. The molecule has 0 radical (unpaired) electrons. The summed E-state index contributed by atoms with van der Waals surface area (Å²) in [5.74, 6) is 0.806. The van der Waals surface area contributed by atoms with Crippen molar-refractivity contribution in [2.45, 2.75) is 25.8 Å². The van der Waals surface area contributed by atoms with E-state index in [1.54, 1.807) is 6.33 Å². The number of likely N-dealkylation sites (tertiary alicyclic amines) is 1. The molecule has 2 aromatic heterocycles. The molecule has 4 heteroatoms. The van der Waals surface area contributed by atoms with Crippen LogP contribution in [0.1, 0.15) is 24.0 Å². The molecule has 0 spiro atoms. The summed E-state index contributed by atoms with van der Waals surface area (Å²) in [5.41, 5.74) is 2.62. The highest BCUT2D eigenvalue weighted by molar-refractivity contribution is 5.10. The van der Waals surface area contributed by atoms with Crippen LogP contribution >= 0.6 is 0 Å². The average molecular weight is 268 g/mol. The van der Waals surface area contributed by atoms with E-state index in [0.717, 1.165) is 12.5 Å². The summed E-state index contributed by atoms with van der Waals surface area (Å²) in [6.07, 6.45) is 12.9. The number of rotatable bonds is 4. The molecule has 4 nitrogen and oxygen atoms in total. The molecule has 3 rings (SSSR count). The summed E-state index contributed by atoms with van der Waals surface area (Å²) in [7, 11) is 0. The van der Waals surface area contributed by atoms with Crippen molar-refractivity contribution in [3.05, 3.63) is 54.4 Å². The third-order valence-electron chi connectivity index (χ3n) is 4.00. The maximum Gasteiger partial charge on any atom is 0.115 e. The van der Waals surface area contributed by atoms with Gasteiger partial charge in [0.15, 0.2) is 0 Å². The SMILES string of the molecule is c1cc(CC2CCN(Cc3cncnc3)CC2)ccn1. The van der Waals surface area contributed by atoms with Crippen molar-refractivity contribution in [1.29, 1.82) is 0 Å². The smallest absolute Gasteiger partial charge is 0.115 e. The zero-order valence-corrected chi connectivity index (χ0v) is 11.7. The molecule has 0 amide bonds. The van der Waals surface area contributed by atoms with Crippen LogP contribution in [0.2, 0.25) is 0 Å². The molecule has 2 aromatic rings. The second kappa shape index (κ2) is 6.57. The van der Waals surface area contributed by atoms with Gasteiger partial charge in [0.2, 0.25) is 0 Å². The van der Waals surface area contributed by atoms with Gasteiger partial charge in [-0.05, 0) is 56.0 Å². The molecule has 1 aliphatic heterocycles. The Kier molecular flexibility index (Phi) is 4.33. The van der Waals surface area contributed by atoms with E-state index < -0.39 is 0 Å². The number of aromatic nitrogens is 3. The van der Waals surface area contributed by atoms with E-state index in [0.29, 0.717) is 0 Å². The predicted octanol–water partition coefficient (Wildman–Crippen LogP) is 2.33. The zero-order valence-electron chi connectivity index (χ0n) is 11.7. The third kappa shape index (κ3) is 3.61. The molecular formula is C16H20N4. The number of piperidine rings is 1. The maximum atomic E-state index is 4.08. The quantitative estimate of drug-likeness (QED) is 0.853. The Morgan fingerprint density at radius 2 is 1.65 bits per heavy atom. The van der Waals surface area contributed by atoms with Gasteiger partial charge in [-0.25, -0.2) is 9.97 Å². The first-order valence-corrected chi connectivity index (χ1v) is 7.25. The molecule has 0 N–H and O–H groups in total. The molecule has 20 heavy (non-hydrogen) atoms. The fourth-order valence-corrected chi connectivity index (χ4v) is 2.87. The van der Waals surface area contributed by atoms with Gasteiger partial charge >= 0.3 is 0 Å². The van der Waals surface area contributed by atoms with Crippen LogP contribution in [-0.2, 0) is 13.0 Å². The van der Waals surface area contributed by atoms with Crippen LogP contribution in [0.4, 0.5) is 0 Å². The Morgan fingerprint density at radius 1 is 0.950 bits per heavy atom. The molecule has 1 aliphatic rings. The molecule has 0 aliphatic carbocycles. The Bertz CT molecular complexity index is 457. The first-order chi connectivity index (χ1) is 9.90. The molecule has 0 bridgehead atoms. The standard InChI is InChI=1S/C16H20N4/c1-5-17-6-2-14(1)9-15-3-7-20(8-4-15)12-16-10-18-13-19-11-16/h1-2,5-6,10-11,13,15H,3-4,7-9,12H2. The van der Waals surface area contributed by atoms with Crippen molar-refractivity contribution < 1.29 is 0 Å². The third-order valence-corrected chi connectivity index (χ3v) is 4.00. The van der Waals surface area contributed by atoms with Crippen LogP contribution < -0.4 is 0 Å². The second-order valence-electron chi connectivity index (χ2n) is 5.53. The van der Waals surface area contributed by atoms with Crippen LogP contribution in [0.5, 0.6) is 0 Å². The summed E-state index contributed by atoms with van der Waals surface area (Å²) in [4.78, 5) is 14.7. The monoisotopic (exact) mass is 268 g/mol. The molecule has 0 unspecified atom stereocenters. The summed E-state index contributed by atoms with van der Waals surface area (Å²) < 4.78 is 0. The number of pyridine rings is 1. The highest BCUT2D eigenvalue weighted by atomic mass is 15.1. The number of nitrogens with zero attached hydrogens (tertiary/aromatic N) is 4. The van der Waals surface area contributed by atoms with Crippen LogP contribution in [-0.4, -0.2) is 32.9 Å². The highest BCUT2D eigenvalue weighted by Crippen LogP contribution is 2.22. The molecule has 0 atom stereocenters. The van der Waals surface area contributed by atoms with Crippen molar-refractivity contribution in [1.82, 2.24) is 19.9 Å². The minimum Gasteiger partial charge on any atom is -0.299 e. The van der Waals surface area contributed by atoms with Gasteiger partial charge in [0, 0.05) is 36.9 Å². The minimum atomic E-state index is 0.806. The Morgan fingerprint density at radius 3 is 2.35 bits per heavy atom. The van der Waals surface area contributed by atoms with Crippen molar-refractivity contribution >= 4 is 0 Å². The molecule has 1 saturated heterocycles. The molecular weight excluding hydrogens is 248 g/mol. The summed E-state index contributed by atoms with van der Waals surface area (Å²) in [6.45, 7) is 3.32. The van der Waals surface area contributed by atoms with Gasteiger partial charge in [-0.15, -0.1) is 0 Å². The van der Waals surface area contributed by atoms with Crippen molar-refractivity contribution in [2.75, 3.05) is 13.1 Å². The predicted molar refractivity (Wildman–Crippen MR) is 78.0 cm³/mol. The minimum absolute atomic E-state index is 0.806. The fourth-order valence-electron chi connectivity index (χ4n) is 2.87. The lowest BCUT2D eigenvalue weighted by molar-refractivity contribution is 0.176. The summed E-state index contributed by atoms with van der Waals surface area (Å²) in [5, 5.41) is 0. The van der Waals surface area contributed by atoms with E-state index in [2.05, 4.69) is 32.0 Å². The van der Waals surface area contributed by atoms with Crippen molar-refractivity contribution in [3.63, 3.8) is 0 Å². The fraction of sp³-hybridized carbons (Fsp3) is 0.438. The Balaban J connectivity index is 1.47. The van der Waals surface area contributed by atoms with Gasteiger partial charge in [-0.3, -0.25) is 9.88 Å². The van der Waals surface area contributed by atoms with E-state index in [1.807, 2.05) is 24.8 Å². The topological polar surface area (TPSA) is 41.9 Å². The first-order valence-electron chi connectivity index (χ1n) is 7.25. The van der Waals surface area contributed by atoms with E-state index in [1.165, 1.54) is 43.5 Å². The van der Waals surface area contributed by atoms with Crippen LogP contribution in [0.3, 0.4) is 0 Å². The van der Waals surface area contributed by atoms with E-state index >= 15 is 0 Å². The van der Waals surface area contributed by atoms with Gasteiger partial charge in [0.25, 0.3) is 0 Å². The van der Waals surface area contributed by atoms with E-state index in [-0.39, 0.29) is 0 Å². The van der Waals surface area contributed by atoms with Gasteiger partial charge in [0.1, 0.15) is 6.33 Å². The molecule has 0 saturated carbocycles. The van der Waals surface area contributed by atoms with Gasteiger partial charge < -0.3 is 0 Å². The van der Waals surface area contributed by atoms with Crippen molar-refractivity contribution in [3.8, 4) is 0 Å². The van der Waals surface area contributed by atoms with Crippen LogP contribution in [0, 0.1) is 5.92 Å². The lowest BCUT2D eigenvalue weighted by atomic mass is 9.90.